The number of hydrogen-bond donors (Lipinski definition) is 3. The molecule has 0 fully saturated rings. The molecule has 30 heavy (non-hydrogen) atoms. The van der Waals surface area contributed by atoms with Crippen LogP contribution in [-0.4, -0.2) is 23.6 Å². The van der Waals surface area contributed by atoms with E-state index in [1.807, 2.05) is 60.7 Å². The molecule has 1 atom stereocenters. The maximum Gasteiger partial charge on any atom is 0.274 e. The Bertz CT molecular complexity index is 987. The smallest absolute Gasteiger partial charge is 0.274 e. The monoisotopic (exact) mass is 402 g/mol. The number of carbonyl (C=O) groups is 2. The van der Waals surface area contributed by atoms with Crippen molar-refractivity contribution in [3.63, 3.8) is 0 Å². The summed E-state index contributed by atoms with van der Waals surface area (Å²) < 4.78 is 5.82. The van der Waals surface area contributed by atoms with E-state index in [1.165, 1.54) is 6.08 Å². The first-order valence-corrected chi connectivity index (χ1v) is 9.41. The Morgan fingerprint density at radius 1 is 0.900 bits per heavy atom. The molecule has 6 nitrogen and oxygen atoms in total. The molecule has 0 bridgehead atoms. The van der Waals surface area contributed by atoms with Crippen molar-refractivity contribution in [1.82, 2.24) is 10.8 Å². The highest BCUT2D eigenvalue weighted by Gasteiger charge is 2.14. The van der Waals surface area contributed by atoms with Crippen LogP contribution in [0.25, 0.3) is 6.08 Å². The Kier molecular flexibility index (Phi) is 7.35. The third-order valence-corrected chi connectivity index (χ3v) is 4.38. The fourth-order valence-electron chi connectivity index (χ4n) is 2.81. The number of rotatable bonds is 8. The highest BCUT2D eigenvalue weighted by molar-refractivity contribution is 5.93. The van der Waals surface area contributed by atoms with Gasteiger partial charge in [0.05, 0.1) is 6.04 Å². The number of nitrogens with one attached hydrogen (secondary N) is 2. The second kappa shape index (κ2) is 10.6. The first kappa shape index (κ1) is 20.8. The summed E-state index contributed by atoms with van der Waals surface area (Å²) in [6.07, 6.45) is 3.25. The molecule has 0 spiro atoms. The molecule has 2 amide bonds. The van der Waals surface area contributed by atoms with E-state index in [1.54, 1.807) is 35.8 Å². The van der Waals surface area contributed by atoms with Crippen LogP contribution in [0.4, 0.5) is 0 Å². The average molecular weight is 402 g/mol. The van der Waals surface area contributed by atoms with Crippen LogP contribution in [0, 0.1) is 0 Å². The molecule has 3 N–H and O–H groups in total. The second-order valence-electron chi connectivity index (χ2n) is 6.49. The molecule has 0 radical (unpaired) electrons. The van der Waals surface area contributed by atoms with Crippen LogP contribution in [-0.2, 0) is 4.79 Å². The number of hydrogen-bond acceptors (Lipinski definition) is 4. The van der Waals surface area contributed by atoms with E-state index in [0.29, 0.717) is 11.3 Å². The van der Waals surface area contributed by atoms with Gasteiger partial charge in [-0.25, -0.2) is 5.48 Å². The van der Waals surface area contributed by atoms with Gasteiger partial charge in [0.2, 0.25) is 5.91 Å². The third-order valence-electron chi connectivity index (χ3n) is 4.38. The van der Waals surface area contributed by atoms with Gasteiger partial charge in [-0.15, -0.1) is 0 Å². The Morgan fingerprint density at radius 2 is 1.53 bits per heavy atom. The zero-order chi connectivity index (χ0) is 21.2. The largest absolute Gasteiger partial charge is 0.491 e. The fraction of sp³-hybridized carbons (Fsp3) is 0.0833. The van der Waals surface area contributed by atoms with Gasteiger partial charge in [0.15, 0.2) is 0 Å². The molecular formula is C24H22N2O4. The first-order valence-electron chi connectivity index (χ1n) is 9.41. The number of hydroxylamine groups is 1. The van der Waals surface area contributed by atoms with Gasteiger partial charge in [-0.1, -0.05) is 60.7 Å². The van der Waals surface area contributed by atoms with Gasteiger partial charge in [-0.2, -0.15) is 0 Å². The van der Waals surface area contributed by atoms with Crippen molar-refractivity contribution >= 4 is 17.9 Å². The van der Waals surface area contributed by atoms with Crippen molar-refractivity contribution in [3.05, 3.63) is 108 Å². The van der Waals surface area contributed by atoms with E-state index in [4.69, 9.17) is 9.94 Å². The van der Waals surface area contributed by atoms with E-state index in [2.05, 4.69) is 5.32 Å². The van der Waals surface area contributed by atoms with Crippen molar-refractivity contribution in [1.29, 1.82) is 0 Å². The lowest BCUT2D eigenvalue weighted by molar-refractivity contribution is -0.117. The molecule has 0 saturated heterocycles. The van der Waals surface area contributed by atoms with Crippen molar-refractivity contribution in [2.45, 2.75) is 6.04 Å². The topological polar surface area (TPSA) is 87.7 Å². The Morgan fingerprint density at radius 3 is 2.17 bits per heavy atom. The van der Waals surface area contributed by atoms with Crippen molar-refractivity contribution in [2.24, 2.45) is 0 Å². The minimum atomic E-state index is -0.596. The maximum absolute atomic E-state index is 12.4. The summed E-state index contributed by atoms with van der Waals surface area (Å²) in [5.41, 5.74) is 3.74. The third kappa shape index (κ3) is 6.05. The van der Waals surface area contributed by atoms with E-state index in [0.717, 1.165) is 11.1 Å². The molecule has 6 heteroatoms. The van der Waals surface area contributed by atoms with E-state index in [9.17, 15) is 9.59 Å². The second-order valence-corrected chi connectivity index (χ2v) is 6.49. The summed E-state index contributed by atoms with van der Waals surface area (Å²) in [6, 6.07) is 25.1. The van der Waals surface area contributed by atoms with Crippen LogP contribution in [0.1, 0.15) is 27.5 Å². The molecule has 3 rings (SSSR count). The molecule has 0 aliphatic carbocycles. The van der Waals surface area contributed by atoms with Gasteiger partial charge in [0, 0.05) is 11.6 Å². The lowest BCUT2D eigenvalue weighted by atomic mass is 10.1. The van der Waals surface area contributed by atoms with Crippen LogP contribution >= 0.6 is 0 Å². The molecule has 0 aromatic heterocycles. The summed E-state index contributed by atoms with van der Waals surface area (Å²) in [5, 5.41) is 11.6. The van der Waals surface area contributed by atoms with Gasteiger partial charge in [-0.05, 0) is 41.5 Å². The molecule has 0 heterocycles. The SMILES string of the molecule is O=C(C=Cc1ccccc1)N[C@@H](COc1ccc(C(=O)NO)cc1)c1ccccc1. The highest BCUT2D eigenvalue weighted by atomic mass is 16.5. The van der Waals surface area contributed by atoms with Crippen molar-refractivity contribution in [2.75, 3.05) is 6.61 Å². The Balaban J connectivity index is 1.66. The van der Waals surface area contributed by atoms with Gasteiger partial charge in [0.1, 0.15) is 12.4 Å². The minimum Gasteiger partial charge on any atom is -0.491 e. The Labute approximate surface area is 174 Å². The van der Waals surface area contributed by atoms with Crippen LogP contribution in [0.5, 0.6) is 5.75 Å². The predicted octanol–water partition coefficient (Wildman–Crippen LogP) is 3.76. The van der Waals surface area contributed by atoms with Crippen LogP contribution in [0.2, 0.25) is 0 Å². The summed E-state index contributed by atoms with van der Waals surface area (Å²) in [5.74, 6) is -0.285. The van der Waals surface area contributed by atoms with Crippen LogP contribution < -0.4 is 15.5 Å². The molecule has 0 unspecified atom stereocenters. The normalized spacial score (nSPS) is 11.6. The number of ether oxygens (including phenoxy) is 1. The zero-order valence-corrected chi connectivity index (χ0v) is 16.2. The van der Waals surface area contributed by atoms with Crippen LogP contribution in [0.3, 0.4) is 0 Å². The number of carbonyl (C=O) groups excluding carboxylic acids is 2. The molecule has 3 aromatic carbocycles. The standard InChI is InChI=1S/C24H22N2O4/c27-23(16-11-18-7-3-1-4-8-18)25-22(19-9-5-2-6-10-19)17-30-21-14-12-20(13-15-21)24(28)26-29/h1-16,22,29H,17H2,(H,25,27)(H,26,28)/t22-/m0/s1. The van der Waals surface area contributed by atoms with E-state index < -0.39 is 5.91 Å². The zero-order valence-electron chi connectivity index (χ0n) is 16.2. The van der Waals surface area contributed by atoms with Crippen molar-refractivity contribution < 1.29 is 19.5 Å². The molecular weight excluding hydrogens is 380 g/mol. The lowest BCUT2D eigenvalue weighted by Gasteiger charge is -2.19. The molecule has 152 valence electrons. The quantitative estimate of drug-likeness (QED) is 0.304. The average Bonchev–Trinajstić information content (AvgIpc) is 2.81. The van der Waals surface area contributed by atoms with Gasteiger partial charge < -0.3 is 10.1 Å². The number of benzene rings is 3. The molecule has 0 aliphatic rings. The molecule has 0 saturated carbocycles. The maximum atomic E-state index is 12.4. The van der Waals surface area contributed by atoms with Crippen molar-refractivity contribution in [3.8, 4) is 5.75 Å². The molecule has 3 aromatic rings. The van der Waals surface area contributed by atoms with Crippen LogP contribution in [0.15, 0.2) is 91.0 Å². The van der Waals surface area contributed by atoms with E-state index in [-0.39, 0.29) is 18.6 Å². The predicted molar refractivity (Wildman–Crippen MR) is 114 cm³/mol. The van der Waals surface area contributed by atoms with E-state index >= 15 is 0 Å². The first-order chi connectivity index (χ1) is 14.7. The van der Waals surface area contributed by atoms with Gasteiger partial charge in [-0.3, -0.25) is 14.8 Å². The minimum absolute atomic E-state index is 0.209. The van der Waals surface area contributed by atoms with Gasteiger partial charge in [0.25, 0.3) is 5.91 Å². The summed E-state index contributed by atoms with van der Waals surface area (Å²) in [6.45, 7) is 0.209. The summed E-state index contributed by atoms with van der Waals surface area (Å²) in [4.78, 5) is 23.8. The summed E-state index contributed by atoms with van der Waals surface area (Å²) in [7, 11) is 0. The fourth-order valence-corrected chi connectivity index (χ4v) is 2.81. The summed E-state index contributed by atoms with van der Waals surface area (Å²) >= 11 is 0. The Hall–Kier alpha value is -3.90. The highest BCUT2D eigenvalue weighted by Crippen LogP contribution is 2.17. The molecule has 0 aliphatic heterocycles. The lowest BCUT2D eigenvalue weighted by Crippen LogP contribution is -2.31. The van der Waals surface area contributed by atoms with Gasteiger partial charge >= 0.3 is 0 Å². The number of amides is 2.